The second kappa shape index (κ2) is 9.72. The Morgan fingerprint density at radius 1 is 1.25 bits per heavy atom. The summed E-state index contributed by atoms with van der Waals surface area (Å²) in [5, 5.41) is 3.37. The van der Waals surface area contributed by atoms with Crippen LogP contribution in [-0.2, 0) is 4.74 Å². The zero-order valence-corrected chi connectivity index (χ0v) is 12.7. The number of hydrogen-bond acceptors (Lipinski definition) is 3. The first-order valence-corrected chi connectivity index (χ1v) is 7.33. The molecule has 0 saturated carbocycles. The van der Waals surface area contributed by atoms with Crippen molar-refractivity contribution in [3.63, 3.8) is 0 Å². The van der Waals surface area contributed by atoms with E-state index in [1.165, 1.54) is 13.2 Å². The minimum atomic E-state index is -0.318. The Morgan fingerprint density at radius 3 is 2.65 bits per heavy atom. The van der Waals surface area contributed by atoms with Crippen molar-refractivity contribution in [1.82, 2.24) is 5.32 Å². The minimum absolute atomic E-state index is 0.117. The minimum Gasteiger partial charge on any atom is -0.494 e. The van der Waals surface area contributed by atoms with Gasteiger partial charge in [0.25, 0.3) is 0 Å². The highest BCUT2D eigenvalue weighted by Crippen LogP contribution is 2.21. The van der Waals surface area contributed by atoms with E-state index in [-0.39, 0.29) is 17.6 Å². The quantitative estimate of drug-likeness (QED) is 0.664. The number of nitrogens with one attached hydrogen (secondary N) is 1. The average molecular weight is 283 g/mol. The summed E-state index contributed by atoms with van der Waals surface area (Å²) in [5.74, 6) is -0.0353. The molecule has 0 radical (unpaired) electrons. The van der Waals surface area contributed by atoms with E-state index in [0.29, 0.717) is 0 Å². The van der Waals surface area contributed by atoms with E-state index in [2.05, 4.69) is 12.2 Å². The van der Waals surface area contributed by atoms with Gasteiger partial charge in [0.1, 0.15) is 0 Å². The van der Waals surface area contributed by atoms with E-state index < -0.39 is 0 Å². The van der Waals surface area contributed by atoms with Crippen molar-refractivity contribution >= 4 is 0 Å². The van der Waals surface area contributed by atoms with Gasteiger partial charge in [-0.3, -0.25) is 0 Å². The van der Waals surface area contributed by atoms with Crippen LogP contribution in [0.1, 0.15) is 44.7 Å². The SMILES string of the molecule is CCCCOCCCNC(C)c1ccc(OC)c(F)c1. The largest absolute Gasteiger partial charge is 0.494 e. The number of unbranched alkanes of at least 4 members (excludes halogenated alkanes) is 1. The molecular weight excluding hydrogens is 257 g/mol. The van der Waals surface area contributed by atoms with E-state index in [4.69, 9.17) is 9.47 Å². The van der Waals surface area contributed by atoms with Crippen LogP contribution in [0.3, 0.4) is 0 Å². The molecule has 0 spiro atoms. The molecule has 0 bridgehead atoms. The van der Waals surface area contributed by atoms with E-state index in [1.807, 2.05) is 13.0 Å². The molecule has 20 heavy (non-hydrogen) atoms. The highest BCUT2D eigenvalue weighted by atomic mass is 19.1. The maximum Gasteiger partial charge on any atom is 0.165 e. The predicted octanol–water partition coefficient (Wildman–Crippen LogP) is 3.69. The lowest BCUT2D eigenvalue weighted by atomic mass is 10.1. The van der Waals surface area contributed by atoms with Gasteiger partial charge in [-0.1, -0.05) is 19.4 Å². The van der Waals surface area contributed by atoms with Crippen LogP contribution in [0.15, 0.2) is 18.2 Å². The normalized spacial score (nSPS) is 12.4. The van der Waals surface area contributed by atoms with E-state index in [1.54, 1.807) is 6.07 Å². The lowest BCUT2D eigenvalue weighted by Crippen LogP contribution is -2.21. The first-order valence-electron chi connectivity index (χ1n) is 7.33. The lowest BCUT2D eigenvalue weighted by Gasteiger charge is -2.15. The van der Waals surface area contributed by atoms with E-state index in [9.17, 15) is 4.39 Å². The van der Waals surface area contributed by atoms with Gasteiger partial charge in [-0.25, -0.2) is 4.39 Å². The molecule has 4 heteroatoms. The van der Waals surface area contributed by atoms with Crippen LogP contribution in [0.25, 0.3) is 0 Å². The lowest BCUT2D eigenvalue weighted by molar-refractivity contribution is 0.128. The molecule has 1 atom stereocenters. The predicted molar refractivity (Wildman–Crippen MR) is 79.7 cm³/mol. The van der Waals surface area contributed by atoms with Crippen molar-refractivity contribution in [2.24, 2.45) is 0 Å². The smallest absolute Gasteiger partial charge is 0.165 e. The van der Waals surface area contributed by atoms with Crippen molar-refractivity contribution in [1.29, 1.82) is 0 Å². The van der Waals surface area contributed by atoms with Gasteiger partial charge in [-0.2, -0.15) is 0 Å². The molecule has 1 unspecified atom stereocenters. The number of benzene rings is 1. The van der Waals surface area contributed by atoms with Gasteiger partial charge in [0.05, 0.1) is 7.11 Å². The summed E-state index contributed by atoms with van der Waals surface area (Å²) >= 11 is 0. The van der Waals surface area contributed by atoms with E-state index in [0.717, 1.165) is 44.6 Å². The molecule has 1 N–H and O–H groups in total. The molecule has 0 aliphatic heterocycles. The fraction of sp³-hybridized carbons (Fsp3) is 0.625. The molecule has 0 aromatic heterocycles. The van der Waals surface area contributed by atoms with Crippen molar-refractivity contribution in [2.45, 2.75) is 39.2 Å². The monoisotopic (exact) mass is 283 g/mol. The van der Waals surface area contributed by atoms with Crippen LogP contribution < -0.4 is 10.1 Å². The van der Waals surface area contributed by atoms with Gasteiger partial charge in [-0.15, -0.1) is 0 Å². The standard InChI is InChI=1S/C16H26FNO2/c1-4-5-10-20-11-6-9-18-13(2)14-7-8-16(19-3)15(17)12-14/h7-8,12-13,18H,4-6,9-11H2,1-3H3. The molecule has 1 rings (SSSR count). The van der Waals surface area contributed by atoms with E-state index >= 15 is 0 Å². The summed E-state index contributed by atoms with van der Waals surface area (Å²) in [5.41, 5.74) is 0.926. The third-order valence-corrected chi connectivity index (χ3v) is 3.23. The number of rotatable bonds is 10. The molecule has 3 nitrogen and oxygen atoms in total. The Kier molecular flexibility index (Phi) is 8.23. The fourth-order valence-electron chi connectivity index (χ4n) is 1.91. The molecule has 0 amide bonds. The van der Waals surface area contributed by atoms with Gasteiger partial charge in [0.2, 0.25) is 0 Å². The molecule has 114 valence electrons. The molecule has 0 heterocycles. The summed E-state index contributed by atoms with van der Waals surface area (Å²) in [4.78, 5) is 0. The zero-order valence-electron chi connectivity index (χ0n) is 12.7. The van der Waals surface area contributed by atoms with Crippen molar-refractivity contribution in [2.75, 3.05) is 26.9 Å². The molecule has 0 aliphatic rings. The summed E-state index contributed by atoms with van der Waals surface area (Å²) in [7, 11) is 1.47. The Labute approximate surface area is 121 Å². The second-order valence-corrected chi connectivity index (χ2v) is 4.89. The van der Waals surface area contributed by atoms with Crippen LogP contribution in [0.5, 0.6) is 5.75 Å². The van der Waals surface area contributed by atoms with Gasteiger partial charge in [-0.05, 0) is 44.0 Å². The summed E-state index contributed by atoms with van der Waals surface area (Å²) in [6, 6.07) is 5.19. The summed E-state index contributed by atoms with van der Waals surface area (Å²) in [6.45, 7) is 6.66. The van der Waals surface area contributed by atoms with Crippen molar-refractivity contribution in [3.05, 3.63) is 29.6 Å². The van der Waals surface area contributed by atoms with Crippen LogP contribution in [0.2, 0.25) is 0 Å². The van der Waals surface area contributed by atoms with Crippen molar-refractivity contribution < 1.29 is 13.9 Å². The topological polar surface area (TPSA) is 30.5 Å². The average Bonchev–Trinajstić information content (AvgIpc) is 2.46. The first kappa shape index (κ1) is 16.9. The van der Waals surface area contributed by atoms with Crippen molar-refractivity contribution in [3.8, 4) is 5.75 Å². The maximum atomic E-state index is 13.6. The third kappa shape index (κ3) is 5.88. The molecule has 1 aromatic rings. The van der Waals surface area contributed by atoms with Gasteiger partial charge in [0.15, 0.2) is 11.6 Å². The molecule has 0 saturated heterocycles. The first-order chi connectivity index (χ1) is 9.69. The van der Waals surface area contributed by atoms with Crippen LogP contribution in [0, 0.1) is 5.82 Å². The van der Waals surface area contributed by atoms with Gasteiger partial charge < -0.3 is 14.8 Å². The van der Waals surface area contributed by atoms with Crippen LogP contribution in [-0.4, -0.2) is 26.9 Å². The van der Waals surface area contributed by atoms with Gasteiger partial charge >= 0.3 is 0 Å². The summed E-state index contributed by atoms with van der Waals surface area (Å²) in [6.07, 6.45) is 3.25. The summed E-state index contributed by atoms with van der Waals surface area (Å²) < 4.78 is 24.0. The highest BCUT2D eigenvalue weighted by molar-refractivity contribution is 5.30. The Morgan fingerprint density at radius 2 is 2.00 bits per heavy atom. The maximum absolute atomic E-state index is 13.6. The van der Waals surface area contributed by atoms with Gasteiger partial charge in [0, 0.05) is 19.3 Å². The van der Waals surface area contributed by atoms with Crippen LogP contribution >= 0.6 is 0 Å². The zero-order chi connectivity index (χ0) is 14.8. The third-order valence-electron chi connectivity index (χ3n) is 3.23. The number of ether oxygens (including phenoxy) is 2. The number of methoxy groups -OCH3 is 1. The number of hydrogen-bond donors (Lipinski definition) is 1. The Hall–Kier alpha value is -1.13. The molecule has 0 fully saturated rings. The Balaban J connectivity index is 2.25. The number of halogens is 1. The van der Waals surface area contributed by atoms with Crippen LogP contribution in [0.4, 0.5) is 4.39 Å². The molecule has 1 aromatic carbocycles. The molecular formula is C16H26FNO2. The second-order valence-electron chi connectivity index (χ2n) is 4.89. The fourth-order valence-corrected chi connectivity index (χ4v) is 1.91. The Bertz CT molecular complexity index is 385. The highest BCUT2D eigenvalue weighted by Gasteiger charge is 2.08. The molecule has 0 aliphatic carbocycles.